The molecule has 2 aromatic rings. The molecule has 0 aliphatic heterocycles. The van der Waals surface area contributed by atoms with E-state index in [-0.39, 0.29) is 6.04 Å². The molecule has 0 radical (unpaired) electrons. The van der Waals surface area contributed by atoms with Gasteiger partial charge in [-0.2, -0.15) is 0 Å². The fourth-order valence-corrected chi connectivity index (χ4v) is 2.20. The van der Waals surface area contributed by atoms with Gasteiger partial charge in [0, 0.05) is 37.2 Å². The summed E-state index contributed by atoms with van der Waals surface area (Å²) in [6, 6.07) is 12.1. The zero-order valence-electron chi connectivity index (χ0n) is 12.2. The first-order chi connectivity index (χ1) is 9.65. The predicted molar refractivity (Wildman–Crippen MR) is 82.2 cm³/mol. The van der Waals surface area contributed by atoms with E-state index in [1.807, 2.05) is 50.5 Å². The molecule has 4 heteroatoms. The Hall–Kier alpha value is -2.07. The quantitative estimate of drug-likeness (QED) is 0.908. The van der Waals surface area contributed by atoms with Crippen LogP contribution in [0.25, 0.3) is 0 Å². The third-order valence-electron chi connectivity index (χ3n) is 3.47. The standard InChI is InChI=1S/C16H21N3O/c1-12-7-8-13(11-18-12)16(10-17)19(2)14-5-4-6-15(9-14)20-3/h4-9,11,16H,10,17H2,1-3H3. The van der Waals surface area contributed by atoms with E-state index in [0.717, 1.165) is 22.7 Å². The summed E-state index contributed by atoms with van der Waals surface area (Å²) >= 11 is 0. The molecule has 0 spiro atoms. The number of likely N-dealkylation sites (N-methyl/N-ethyl adjacent to an activating group) is 1. The molecule has 0 aliphatic carbocycles. The Morgan fingerprint density at radius 2 is 2.10 bits per heavy atom. The molecule has 1 aromatic carbocycles. The number of aryl methyl sites for hydroxylation is 1. The Labute approximate surface area is 120 Å². The number of ether oxygens (including phenoxy) is 1. The second-order valence-electron chi connectivity index (χ2n) is 4.80. The van der Waals surface area contributed by atoms with Gasteiger partial charge < -0.3 is 15.4 Å². The molecule has 2 N–H and O–H groups in total. The van der Waals surface area contributed by atoms with Crippen molar-refractivity contribution in [3.05, 3.63) is 53.9 Å². The van der Waals surface area contributed by atoms with Gasteiger partial charge in [0.05, 0.1) is 13.2 Å². The van der Waals surface area contributed by atoms with Crippen molar-refractivity contribution < 1.29 is 4.74 Å². The molecule has 0 fully saturated rings. The molecule has 0 saturated carbocycles. The summed E-state index contributed by atoms with van der Waals surface area (Å²) in [5.41, 5.74) is 9.14. The lowest BCUT2D eigenvalue weighted by molar-refractivity contribution is 0.414. The van der Waals surface area contributed by atoms with Crippen LogP contribution in [0, 0.1) is 6.92 Å². The van der Waals surface area contributed by atoms with Crippen molar-refractivity contribution in [3.63, 3.8) is 0 Å². The lowest BCUT2D eigenvalue weighted by Gasteiger charge is -2.29. The maximum atomic E-state index is 5.95. The fraction of sp³-hybridized carbons (Fsp3) is 0.312. The average molecular weight is 271 g/mol. The van der Waals surface area contributed by atoms with Crippen molar-refractivity contribution in [2.24, 2.45) is 5.73 Å². The number of pyridine rings is 1. The van der Waals surface area contributed by atoms with Gasteiger partial charge in [-0.25, -0.2) is 0 Å². The van der Waals surface area contributed by atoms with E-state index in [2.05, 4.69) is 16.0 Å². The summed E-state index contributed by atoms with van der Waals surface area (Å²) in [5.74, 6) is 0.840. The lowest BCUT2D eigenvalue weighted by atomic mass is 10.1. The number of nitrogens with two attached hydrogens (primary N) is 1. The fourth-order valence-electron chi connectivity index (χ4n) is 2.20. The van der Waals surface area contributed by atoms with E-state index < -0.39 is 0 Å². The Kier molecular flexibility index (Phi) is 4.58. The second kappa shape index (κ2) is 6.39. The SMILES string of the molecule is COc1cccc(N(C)C(CN)c2ccc(C)nc2)c1. The number of anilines is 1. The van der Waals surface area contributed by atoms with E-state index in [0.29, 0.717) is 6.54 Å². The van der Waals surface area contributed by atoms with Gasteiger partial charge >= 0.3 is 0 Å². The summed E-state index contributed by atoms with van der Waals surface area (Å²) < 4.78 is 5.27. The summed E-state index contributed by atoms with van der Waals surface area (Å²) in [6.45, 7) is 2.51. The van der Waals surface area contributed by atoms with E-state index in [9.17, 15) is 0 Å². The Balaban J connectivity index is 2.28. The first kappa shape index (κ1) is 14.3. The first-order valence-electron chi connectivity index (χ1n) is 6.65. The van der Waals surface area contributed by atoms with Crippen LogP contribution >= 0.6 is 0 Å². The number of benzene rings is 1. The normalized spacial score (nSPS) is 12.0. The van der Waals surface area contributed by atoms with Crippen LogP contribution in [-0.2, 0) is 0 Å². The van der Waals surface area contributed by atoms with Crippen molar-refractivity contribution in [2.75, 3.05) is 25.6 Å². The monoisotopic (exact) mass is 271 g/mol. The molecule has 0 aliphatic rings. The van der Waals surface area contributed by atoms with E-state index in [1.165, 1.54) is 0 Å². The summed E-state index contributed by atoms with van der Waals surface area (Å²) in [4.78, 5) is 6.50. The van der Waals surface area contributed by atoms with Crippen LogP contribution in [0.1, 0.15) is 17.3 Å². The number of hydrogen-bond acceptors (Lipinski definition) is 4. The van der Waals surface area contributed by atoms with Gasteiger partial charge in [-0.05, 0) is 30.7 Å². The molecule has 1 atom stereocenters. The molecule has 4 nitrogen and oxygen atoms in total. The van der Waals surface area contributed by atoms with Crippen LogP contribution in [0.15, 0.2) is 42.6 Å². The van der Waals surface area contributed by atoms with Crippen molar-refractivity contribution in [2.45, 2.75) is 13.0 Å². The van der Waals surface area contributed by atoms with Gasteiger partial charge in [-0.1, -0.05) is 12.1 Å². The molecule has 0 bridgehead atoms. The topological polar surface area (TPSA) is 51.4 Å². The predicted octanol–water partition coefficient (Wildman–Crippen LogP) is 2.53. The molecule has 1 unspecified atom stereocenters. The van der Waals surface area contributed by atoms with Gasteiger partial charge in [-0.15, -0.1) is 0 Å². The third-order valence-corrected chi connectivity index (χ3v) is 3.47. The largest absolute Gasteiger partial charge is 0.497 e. The molecule has 20 heavy (non-hydrogen) atoms. The number of hydrogen-bond donors (Lipinski definition) is 1. The van der Waals surface area contributed by atoms with Crippen molar-refractivity contribution >= 4 is 5.69 Å². The van der Waals surface area contributed by atoms with Gasteiger partial charge in [-0.3, -0.25) is 4.98 Å². The van der Waals surface area contributed by atoms with E-state index in [1.54, 1.807) is 7.11 Å². The highest BCUT2D eigenvalue weighted by Crippen LogP contribution is 2.27. The minimum Gasteiger partial charge on any atom is -0.497 e. The minimum absolute atomic E-state index is 0.0928. The number of nitrogens with zero attached hydrogens (tertiary/aromatic N) is 2. The van der Waals surface area contributed by atoms with E-state index >= 15 is 0 Å². The van der Waals surface area contributed by atoms with Gasteiger partial charge in [0.15, 0.2) is 0 Å². The maximum Gasteiger partial charge on any atom is 0.120 e. The molecule has 1 aromatic heterocycles. The number of rotatable bonds is 5. The Morgan fingerprint density at radius 3 is 2.70 bits per heavy atom. The van der Waals surface area contributed by atoms with Crippen LogP contribution in [0.5, 0.6) is 5.75 Å². The molecule has 1 heterocycles. The summed E-state index contributed by atoms with van der Waals surface area (Å²) in [5, 5.41) is 0. The molecule has 0 amide bonds. The van der Waals surface area contributed by atoms with Crippen molar-refractivity contribution in [1.82, 2.24) is 4.98 Å². The number of aromatic nitrogens is 1. The van der Waals surface area contributed by atoms with Crippen LogP contribution in [0.3, 0.4) is 0 Å². The lowest BCUT2D eigenvalue weighted by Crippen LogP contribution is -2.30. The second-order valence-corrected chi connectivity index (χ2v) is 4.80. The molecule has 0 saturated heterocycles. The summed E-state index contributed by atoms with van der Waals surface area (Å²) in [7, 11) is 3.70. The molecule has 2 rings (SSSR count). The Morgan fingerprint density at radius 1 is 1.30 bits per heavy atom. The zero-order valence-corrected chi connectivity index (χ0v) is 12.2. The van der Waals surface area contributed by atoms with Crippen LogP contribution < -0.4 is 15.4 Å². The van der Waals surface area contributed by atoms with Gasteiger partial charge in [0.1, 0.15) is 5.75 Å². The molecular formula is C16H21N3O. The molecule has 106 valence electrons. The van der Waals surface area contributed by atoms with Gasteiger partial charge in [0.2, 0.25) is 0 Å². The highest BCUT2D eigenvalue weighted by atomic mass is 16.5. The number of methoxy groups -OCH3 is 1. The van der Waals surface area contributed by atoms with Crippen LogP contribution in [0.4, 0.5) is 5.69 Å². The van der Waals surface area contributed by atoms with Gasteiger partial charge in [0.25, 0.3) is 0 Å². The highest BCUT2D eigenvalue weighted by molar-refractivity contribution is 5.52. The zero-order chi connectivity index (χ0) is 14.5. The van der Waals surface area contributed by atoms with Crippen LogP contribution in [-0.4, -0.2) is 25.7 Å². The Bertz CT molecular complexity index is 554. The van der Waals surface area contributed by atoms with Crippen molar-refractivity contribution in [1.29, 1.82) is 0 Å². The average Bonchev–Trinajstić information content (AvgIpc) is 2.50. The van der Waals surface area contributed by atoms with Crippen LogP contribution in [0.2, 0.25) is 0 Å². The maximum absolute atomic E-state index is 5.95. The third kappa shape index (κ3) is 3.08. The van der Waals surface area contributed by atoms with E-state index in [4.69, 9.17) is 10.5 Å². The van der Waals surface area contributed by atoms with Crippen molar-refractivity contribution in [3.8, 4) is 5.75 Å². The highest BCUT2D eigenvalue weighted by Gasteiger charge is 2.16. The summed E-state index contributed by atoms with van der Waals surface area (Å²) in [6.07, 6.45) is 1.89. The first-order valence-corrected chi connectivity index (χ1v) is 6.65. The smallest absolute Gasteiger partial charge is 0.120 e. The molecular weight excluding hydrogens is 250 g/mol. The minimum atomic E-state index is 0.0928.